The van der Waals surface area contributed by atoms with Crippen LogP contribution >= 0.6 is 35.3 Å². The van der Waals surface area contributed by atoms with Crippen molar-refractivity contribution in [3.63, 3.8) is 0 Å². The first-order valence-electron chi connectivity index (χ1n) is 8.94. The number of halogens is 2. The van der Waals surface area contributed by atoms with Crippen molar-refractivity contribution < 1.29 is 9.13 Å². The minimum absolute atomic E-state index is 0. The number of ether oxygens (including phenoxy) is 1. The van der Waals surface area contributed by atoms with Gasteiger partial charge in [-0.1, -0.05) is 12.1 Å². The van der Waals surface area contributed by atoms with Gasteiger partial charge in [-0.3, -0.25) is 4.99 Å². The number of nitrogens with zero attached hydrogens (tertiary/aromatic N) is 1. The Morgan fingerprint density at radius 1 is 1.26 bits per heavy atom. The summed E-state index contributed by atoms with van der Waals surface area (Å²) < 4.78 is 19.3. The lowest BCUT2D eigenvalue weighted by Crippen LogP contribution is -2.48. The van der Waals surface area contributed by atoms with Crippen LogP contribution in [-0.2, 0) is 16.7 Å². The second-order valence-corrected chi connectivity index (χ2v) is 7.71. The summed E-state index contributed by atoms with van der Waals surface area (Å²) in [6, 6.07) is 9.07. The van der Waals surface area contributed by atoms with Crippen LogP contribution in [0.15, 0.2) is 40.7 Å². The Bertz CT molecular complexity index is 759. The Kier molecular flexibility index (Phi) is 8.50. The van der Waals surface area contributed by atoms with Crippen LogP contribution in [0.5, 0.6) is 0 Å². The molecule has 2 aromatic rings. The fourth-order valence-electron chi connectivity index (χ4n) is 3.37. The van der Waals surface area contributed by atoms with Gasteiger partial charge >= 0.3 is 0 Å². The SMILES string of the molecule is CN=C(NCc1sccc1C)NCC1(c2cccc(F)c2)CCOCC1.I. The van der Waals surface area contributed by atoms with Gasteiger partial charge in [0.25, 0.3) is 0 Å². The lowest BCUT2D eigenvalue weighted by Gasteiger charge is -2.38. The summed E-state index contributed by atoms with van der Waals surface area (Å²) in [6.45, 7) is 4.95. The molecule has 0 saturated carbocycles. The van der Waals surface area contributed by atoms with E-state index in [0.717, 1.165) is 30.9 Å². The number of hydrogen-bond acceptors (Lipinski definition) is 3. The summed E-state index contributed by atoms with van der Waals surface area (Å²) in [7, 11) is 1.77. The van der Waals surface area contributed by atoms with Gasteiger partial charge in [0.15, 0.2) is 5.96 Å². The van der Waals surface area contributed by atoms with E-state index in [9.17, 15) is 4.39 Å². The number of thiophene rings is 1. The van der Waals surface area contributed by atoms with Crippen LogP contribution in [-0.4, -0.2) is 32.8 Å². The second-order valence-electron chi connectivity index (χ2n) is 6.71. The standard InChI is InChI=1S/C20H26FN3OS.HI/c1-15-6-11-26-18(15)13-23-19(22-2)24-14-20(7-9-25-10-8-20)16-4-3-5-17(21)12-16;/h3-6,11-12H,7-10,13-14H2,1-2H3,(H2,22,23,24);1H. The van der Waals surface area contributed by atoms with E-state index in [0.29, 0.717) is 19.8 Å². The third-order valence-electron chi connectivity index (χ3n) is 5.09. The van der Waals surface area contributed by atoms with Gasteiger partial charge in [-0.15, -0.1) is 35.3 Å². The highest BCUT2D eigenvalue weighted by atomic mass is 127. The molecular formula is C20H27FIN3OS. The molecule has 2 heterocycles. The van der Waals surface area contributed by atoms with Crippen LogP contribution in [0.25, 0.3) is 0 Å². The molecule has 7 heteroatoms. The molecule has 27 heavy (non-hydrogen) atoms. The van der Waals surface area contributed by atoms with Gasteiger partial charge < -0.3 is 15.4 Å². The molecule has 0 radical (unpaired) electrons. The number of aliphatic imine (C=N–C) groups is 1. The van der Waals surface area contributed by atoms with Crippen LogP contribution in [0.3, 0.4) is 0 Å². The van der Waals surface area contributed by atoms with Gasteiger partial charge in [-0.25, -0.2) is 4.39 Å². The van der Waals surface area contributed by atoms with Crippen molar-refractivity contribution in [1.82, 2.24) is 10.6 Å². The number of aryl methyl sites for hydroxylation is 1. The van der Waals surface area contributed by atoms with Gasteiger partial charge in [-0.05, 0) is 54.5 Å². The maximum absolute atomic E-state index is 13.8. The van der Waals surface area contributed by atoms with Crippen LogP contribution in [0.1, 0.15) is 28.8 Å². The molecule has 148 valence electrons. The quantitative estimate of drug-likeness (QED) is 0.365. The molecule has 0 spiro atoms. The number of hydrogen-bond donors (Lipinski definition) is 2. The minimum Gasteiger partial charge on any atom is -0.381 e. The number of nitrogens with one attached hydrogen (secondary N) is 2. The Labute approximate surface area is 181 Å². The molecule has 0 amide bonds. The molecule has 1 aliphatic heterocycles. The first-order chi connectivity index (χ1) is 12.6. The molecule has 1 aliphatic rings. The van der Waals surface area contributed by atoms with Crippen molar-refractivity contribution in [3.8, 4) is 0 Å². The monoisotopic (exact) mass is 503 g/mol. The predicted molar refractivity (Wildman–Crippen MR) is 121 cm³/mol. The Hall–Kier alpha value is -1.19. The van der Waals surface area contributed by atoms with Crippen molar-refractivity contribution in [3.05, 3.63) is 57.5 Å². The summed E-state index contributed by atoms with van der Waals surface area (Å²) in [5, 5.41) is 8.92. The highest BCUT2D eigenvalue weighted by molar-refractivity contribution is 14.0. The molecule has 0 atom stereocenters. The van der Waals surface area contributed by atoms with Crippen molar-refractivity contribution in [2.45, 2.75) is 31.7 Å². The highest BCUT2D eigenvalue weighted by Crippen LogP contribution is 2.34. The lowest BCUT2D eigenvalue weighted by molar-refractivity contribution is 0.0513. The van der Waals surface area contributed by atoms with E-state index in [1.165, 1.54) is 16.5 Å². The molecule has 0 aliphatic carbocycles. The molecule has 0 bridgehead atoms. The van der Waals surface area contributed by atoms with Gasteiger partial charge in [0.05, 0.1) is 6.54 Å². The maximum atomic E-state index is 13.8. The molecular weight excluding hydrogens is 476 g/mol. The predicted octanol–water partition coefficient (Wildman–Crippen LogP) is 4.23. The summed E-state index contributed by atoms with van der Waals surface area (Å²) >= 11 is 1.74. The van der Waals surface area contributed by atoms with E-state index in [4.69, 9.17) is 4.74 Å². The Morgan fingerprint density at radius 3 is 2.67 bits per heavy atom. The molecule has 1 fully saturated rings. The first-order valence-corrected chi connectivity index (χ1v) is 9.82. The summed E-state index contributed by atoms with van der Waals surface area (Å²) in [6.07, 6.45) is 1.73. The third kappa shape index (κ3) is 5.65. The molecule has 0 unspecified atom stereocenters. The van der Waals surface area contributed by atoms with Gasteiger partial charge in [-0.2, -0.15) is 0 Å². The molecule has 4 nitrogen and oxygen atoms in total. The van der Waals surface area contributed by atoms with E-state index in [1.54, 1.807) is 30.5 Å². The lowest BCUT2D eigenvalue weighted by atomic mass is 9.74. The molecule has 1 aromatic carbocycles. The molecule has 1 aromatic heterocycles. The van der Waals surface area contributed by atoms with E-state index < -0.39 is 0 Å². The summed E-state index contributed by atoms with van der Waals surface area (Å²) in [5.74, 6) is 0.573. The number of benzene rings is 1. The normalized spacial score (nSPS) is 16.5. The van der Waals surface area contributed by atoms with Gasteiger partial charge in [0.1, 0.15) is 5.82 Å². The Morgan fingerprint density at radius 2 is 2.04 bits per heavy atom. The van der Waals surface area contributed by atoms with Crippen LogP contribution in [0.4, 0.5) is 4.39 Å². The molecule has 2 N–H and O–H groups in total. The fourth-order valence-corrected chi connectivity index (χ4v) is 4.22. The zero-order valence-corrected chi connectivity index (χ0v) is 18.9. The van der Waals surface area contributed by atoms with Crippen molar-refractivity contribution in [2.24, 2.45) is 4.99 Å². The van der Waals surface area contributed by atoms with Crippen molar-refractivity contribution in [1.29, 1.82) is 0 Å². The van der Waals surface area contributed by atoms with Gasteiger partial charge in [0, 0.05) is 37.1 Å². The van der Waals surface area contributed by atoms with Crippen molar-refractivity contribution >= 4 is 41.3 Å². The summed E-state index contributed by atoms with van der Waals surface area (Å²) in [5.41, 5.74) is 2.17. The highest BCUT2D eigenvalue weighted by Gasteiger charge is 2.34. The second kappa shape index (κ2) is 10.4. The molecule has 1 saturated heterocycles. The minimum atomic E-state index is -0.191. The van der Waals surface area contributed by atoms with E-state index in [-0.39, 0.29) is 35.2 Å². The van der Waals surface area contributed by atoms with E-state index in [2.05, 4.69) is 34.0 Å². The zero-order valence-electron chi connectivity index (χ0n) is 15.8. The van der Waals surface area contributed by atoms with Crippen LogP contribution in [0, 0.1) is 12.7 Å². The fraction of sp³-hybridized carbons (Fsp3) is 0.450. The van der Waals surface area contributed by atoms with Crippen LogP contribution in [0.2, 0.25) is 0 Å². The third-order valence-corrected chi connectivity index (χ3v) is 6.11. The number of guanidine groups is 1. The van der Waals surface area contributed by atoms with Crippen molar-refractivity contribution in [2.75, 3.05) is 26.8 Å². The topological polar surface area (TPSA) is 45.7 Å². The molecule has 3 rings (SSSR count). The largest absolute Gasteiger partial charge is 0.381 e. The summed E-state index contributed by atoms with van der Waals surface area (Å²) in [4.78, 5) is 5.64. The first kappa shape index (κ1) is 22.1. The smallest absolute Gasteiger partial charge is 0.191 e. The Balaban J connectivity index is 0.00000261. The van der Waals surface area contributed by atoms with E-state index >= 15 is 0 Å². The maximum Gasteiger partial charge on any atom is 0.191 e. The average molecular weight is 503 g/mol. The number of rotatable bonds is 5. The van der Waals surface area contributed by atoms with E-state index in [1.807, 2.05) is 6.07 Å². The average Bonchev–Trinajstić information content (AvgIpc) is 3.07. The van der Waals surface area contributed by atoms with Crippen LogP contribution < -0.4 is 10.6 Å². The van der Waals surface area contributed by atoms with Gasteiger partial charge in [0.2, 0.25) is 0 Å². The zero-order chi connectivity index (χ0) is 18.4.